The van der Waals surface area contributed by atoms with E-state index in [0.717, 1.165) is 61.3 Å². The Morgan fingerprint density at radius 3 is 2.75 bits per heavy atom. The lowest BCUT2D eigenvalue weighted by atomic mass is 9.57. The summed E-state index contributed by atoms with van der Waals surface area (Å²) >= 11 is 0. The number of para-hydroxylation sites is 2. The van der Waals surface area contributed by atoms with Gasteiger partial charge in [0.25, 0.3) is 5.56 Å². The molecule has 3 aliphatic carbocycles. The summed E-state index contributed by atoms with van der Waals surface area (Å²) in [6, 6.07) is 9.50. The van der Waals surface area contributed by atoms with Crippen molar-refractivity contribution in [1.82, 2.24) is 19.4 Å². The molecule has 4 bridgehead atoms. The predicted molar refractivity (Wildman–Crippen MR) is 154 cm³/mol. The molecule has 8 rings (SSSR count). The summed E-state index contributed by atoms with van der Waals surface area (Å²) in [5.74, 6) is 3.09. The molecule has 2 aromatic rings. The van der Waals surface area contributed by atoms with Gasteiger partial charge in [-0.1, -0.05) is 18.6 Å². The van der Waals surface area contributed by atoms with Gasteiger partial charge in [0.05, 0.1) is 29.6 Å². The van der Waals surface area contributed by atoms with Gasteiger partial charge in [-0.05, 0) is 94.7 Å². The van der Waals surface area contributed by atoms with Gasteiger partial charge in [-0.2, -0.15) is 0 Å². The molecule has 40 heavy (non-hydrogen) atoms. The highest BCUT2D eigenvalue weighted by Crippen LogP contribution is 2.71. The largest absolute Gasteiger partial charge is 0.466 e. The number of carbonyl (C=O) groups excluding carboxylic acids is 1. The van der Waals surface area contributed by atoms with Gasteiger partial charge < -0.3 is 15.0 Å². The Bertz CT molecular complexity index is 1360. The first kappa shape index (κ1) is 25.3. The van der Waals surface area contributed by atoms with Crippen LogP contribution in [0.1, 0.15) is 70.8 Å². The lowest BCUT2D eigenvalue weighted by Crippen LogP contribution is -2.67. The number of hydrogen-bond acceptors (Lipinski definition) is 7. The van der Waals surface area contributed by atoms with Crippen LogP contribution >= 0.6 is 0 Å². The molecular formula is C32H43N5O3. The molecule has 4 heterocycles. The van der Waals surface area contributed by atoms with Crippen LogP contribution in [-0.2, 0) is 9.53 Å². The first-order valence-corrected chi connectivity index (χ1v) is 16.0. The molecule has 6 atom stereocenters. The quantitative estimate of drug-likeness (QED) is 0.502. The van der Waals surface area contributed by atoms with E-state index in [0.29, 0.717) is 36.6 Å². The fourth-order valence-electron chi connectivity index (χ4n) is 10.4. The molecular weight excluding hydrogens is 502 g/mol. The summed E-state index contributed by atoms with van der Waals surface area (Å²) in [7, 11) is 0. The van der Waals surface area contributed by atoms with Gasteiger partial charge in [0.2, 0.25) is 0 Å². The average Bonchev–Trinajstić information content (AvgIpc) is 3.67. The van der Waals surface area contributed by atoms with Crippen molar-refractivity contribution in [2.24, 2.45) is 23.7 Å². The average molecular weight is 546 g/mol. The van der Waals surface area contributed by atoms with Crippen LogP contribution in [0.25, 0.3) is 11.0 Å². The molecule has 1 N–H and O–H groups in total. The first-order valence-electron chi connectivity index (χ1n) is 16.0. The number of fused-ring (bicyclic) bond motifs is 4. The maximum Gasteiger partial charge on any atom is 0.310 e. The molecule has 1 aromatic carbocycles. The van der Waals surface area contributed by atoms with Crippen LogP contribution in [0.15, 0.2) is 29.1 Å². The van der Waals surface area contributed by atoms with Gasteiger partial charge in [0.15, 0.2) is 5.82 Å². The number of nitrogens with one attached hydrogen (secondary N) is 1. The third kappa shape index (κ3) is 3.67. The standard InChI is InChI=1S/C32H43N5O3/c1-2-40-31(39)21-10-12-35(19-21)13-11-33-29-30(38)36(26-8-4-3-7-25(26)34-29)28-17-24-6-5-9-27(28)37(24)32-18-20-14-22(32)16-23(32)15-20/h3-4,7-8,20-24,27-28H,2,5-6,9-19H2,1H3,(H,33,34)/t20?,21-,22?,23?,24?,27?,28+,32?/m0/s1. The summed E-state index contributed by atoms with van der Waals surface area (Å²) in [6.07, 6.45) is 11.4. The van der Waals surface area contributed by atoms with Crippen molar-refractivity contribution >= 4 is 22.8 Å². The van der Waals surface area contributed by atoms with E-state index in [9.17, 15) is 9.59 Å². The smallest absolute Gasteiger partial charge is 0.310 e. The highest BCUT2D eigenvalue weighted by molar-refractivity contribution is 5.76. The Morgan fingerprint density at radius 1 is 1.10 bits per heavy atom. The van der Waals surface area contributed by atoms with Crippen LogP contribution in [0.3, 0.4) is 0 Å². The molecule has 8 heteroatoms. The zero-order valence-corrected chi connectivity index (χ0v) is 23.8. The lowest BCUT2D eigenvalue weighted by Gasteiger charge is -2.61. The van der Waals surface area contributed by atoms with Gasteiger partial charge >= 0.3 is 5.97 Å². The van der Waals surface area contributed by atoms with E-state index in [1.54, 1.807) is 0 Å². The third-order valence-electron chi connectivity index (χ3n) is 11.8. The van der Waals surface area contributed by atoms with Gasteiger partial charge in [-0.25, -0.2) is 4.98 Å². The normalized spacial score (nSPS) is 38.2. The Morgan fingerprint density at radius 2 is 1.95 bits per heavy atom. The van der Waals surface area contributed by atoms with Gasteiger partial charge in [0.1, 0.15) is 0 Å². The van der Waals surface area contributed by atoms with Crippen molar-refractivity contribution in [1.29, 1.82) is 0 Å². The molecule has 0 radical (unpaired) electrons. The van der Waals surface area contributed by atoms with E-state index in [4.69, 9.17) is 9.72 Å². The zero-order valence-electron chi connectivity index (χ0n) is 23.8. The van der Waals surface area contributed by atoms with Crippen LogP contribution < -0.4 is 10.9 Å². The van der Waals surface area contributed by atoms with Crippen molar-refractivity contribution in [3.63, 3.8) is 0 Å². The maximum absolute atomic E-state index is 14.2. The molecule has 0 spiro atoms. The molecule has 214 valence electrons. The molecule has 6 fully saturated rings. The first-order chi connectivity index (χ1) is 19.6. The minimum absolute atomic E-state index is 0.0281. The van der Waals surface area contributed by atoms with Gasteiger partial charge in [-0.3, -0.25) is 19.1 Å². The Balaban J connectivity index is 1.05. The molecule has 1 aromatic heterocycles. The number of benzene rings is 1. The molecule has 0 amide bonds. The highest BCUT2D eigenvalue weighted by atomic mass is 16.5. The third-order valence-corrected chi connectivity index (χ3v) is 11.8. The molecule has 8 nitrogen and oxygen atoms in total. The fourth-order valence-corrected chi connectivity index (χ4v) is 10.4. The number of hydrogen-bond donors (Lipinski definition) is 1. The summed E-state index contributed by atoms with van der Waals surface area (Å²) < 4.78 is 7.36. The van der Waals surface area contributed by atoms with Crippen LogP contribution in [-0.4, -0.2) is 75.7 Å². The number of nitrogens with zero attached hydrogens (tertiary/aromatic N) is 4. The van der Waals surface area contributed by atoms with E-state index in [-0.39, 0.29) is 23.5 Å². The van der Waals surface area contributed by atoms with Crippen molar-refractivity contribution in [3.8, 4) is 0 Å². The van der Waals surface area contributed by atoms with Crippen molar-refractivity contribution in [2.45, 2.75) is 88.4 Å². The number of anilines is 1. The highest BCUT2D eigenvalue weighted by Gasteiger charge is 2.71. The Labute approximate surface area is 236 Å². The minimum atomic E-state index is -0.0876. The number of likely N-dealkylation sites (tertiary alicyclic amines) is 1. The predicted octanol–water partition coefficient (Wildman–Crippen LogP) is 4.05. The lowest BCUT2D eigenvalue weighted by molar-refractivity contribution is -0.147. The summed E-state index contributed by atoms with van der Waals surface area (Å²) in [5.41, 5.74) is 2.34. The summed E-state index contributed by atoms with van der Waals surface area (Å²) in [4.78, 5) is 36.5. The van der Waals surface area contributed by atoms with Crippen molar-refractivity contribution in [2.75, 3.05) is 38.1 Å². The molecule has 6 aliphatic rings. The molecule has 3 saturated carbocycles. The summed E-state index contributed by atoms with van der Waals surface area (Å²) in [6.45, 7) is 5.30. The summed E-state index contributed by atoms with van der Waals surface area (Å²) in [5, 5.41) is 3.41. The number of ether oxygens (including phenoxy) is 1. The number of carbonyl (C=O) groups is 1. The Hall–Kier alpha value is -2.45. The van der Waals surface area contributed by atoms with Crippen molar-refractivity contribution < 1.29 is 9.53 Å². The van der Waals surface area contributed by atoms with E-state index >= 15 is 0 Å². The molecule has 3 aliphatic heterocycles. The second kappa shape index (κ2) is 9.55. The van der Waals surface area contributed by atoms with Crippen LogP contribution in [0, 0.1) is 23.7 Å². The van der Waals surface area contributed by atoms with Crippen LogP contribution in [0.2, 0.25) is 0 Å². The van der Waals surface area contributed by atoms with E-state index < -0.39 is 0 Å². The zero-order chi connectivity index (χ0) is 27.0. The number of piperidine rings is 1. The maximum atomic E-state index is 14.2. The number of esters is 1. The Kier molecular flexibility index (Phi) is 6.03. The van der Waals surface area contributed by atoms with Crippen LogP contribution in [0.5, 0.6) is 0 Å². The van der Waals surface area contributed by atoms with Gasteiger partial charge in [-0.15, -0.1) is 0 Å². The van der Waals surface area contributed by atoms with Gasteiger partial charge in [0, 0.05) is 37.3 Å². The number of aromatic nitrogens is 2. The second-order valence-electron chi connectivity index (χ2n) is 13.6. The SMILES string of the molecule is CCOC(=O)[C@H]1CCN(CCNc2nc3ccccc3n([C@@H]3CC4CCCC3N4C34CC5CC3CC4C5)c2=O)C1. The van der Waals surface area contributed by atoms with Crippen molar-refractivity contribution in [3.05, 3.63) is 34.6 Å². The molecule has 4 unspecified atom stereocenters. The van der Waals surface area contributed by atoms with Crippen LogP contribution in [0.4, 0.5) is 5.82 Å². The second-order valence-corrected chi connectivity index (χ2v) is 13.6. The molecule has 3 saturated heterocycles. The van der Waals surface area contributed by atoms with E-state index in [1.807, 2.05) is 25.1 Å². The number of rotatable bonds is 8. The van der Waals surface area contributed by atoms with E-state index in [2.05, 4.69) is 25.8 Å². The monoisotopic (exact) mass is 545 g/mol. The van der Waals surface area contributed by atoms with E-state index in [1.165, 1.54) is 44.9 Å². The topological polar surface area (TPSA) is 79.7 Å². The minimum Gasteiger partial charge on any atom is -0.466 e. The fraction of sp³-hybridized carbons (Fsp3) is 0.719.